The van der Waals surface area contributed by atoms with Gasteiger partial charge in [0.1, 0.15) is 23.8 Å². The summed E-state index contributed by atoms with van der Waals surface area (Å²) in [5.74, 6) is 0. The van der Waals surface area contributed by atoms with Crippen LogP contribution in [0, 0.1) is 0 Å². The minimum Gasteiger partial charge on any atom is -0.456 e. The number of aromatic nitrogens is 4. The van der Waals surface area contributed by atoms with Crippen LogP contribution in [0.3, 0.4) is 0 Å². The van der Waals surface area contributed by atoms with Crippen molar-refractivity contribution in [1.82, 2.24) is 19.9 Å². The molecule has 0 saturated carbocycles. The van der Waals surface area contributed by atoms with Gasteiger partial charge in [0, 0.05) is 39.6 Å². The number of aliphatic hydroxyl groups excluding tert-OH is 1. The topological polar surface area (TPSA) is 132 Å². The van der Waals surface area contributed by atoms with Crippen LogP contribution in [0.15, 0.2) is 53.0 Å². The van der Waals surface area contributed by atoms with E-state index >= 15 is 0 Å². The van der Waals surface area contributed by atoms with E-state index in [9.17, 15) is 9.32 Å². The second-order valence-corrected chi connectivity index (χ2v) is 12.2. The molecule has 2 aliphatic heterocycles. The highest BCUT2D eigenvalue weighted by molar-refractivity contribution is 7.92. The Labute approximate surface area is 218 Å². The quantitative estimate of drug-likeness (QED) is 0.391. The third kappa shape index (κ3) is 4.92. The molecule has 12 heteroatoms. The summed E-state index contributed by atoms with van der Waals surface area (Å²) in [6.07, 6.45) is 3.08. The zero-order valence-corrected chi connectivity index (χ0v) is 21.6. The van der Waals surface area contributed by atoms with Gasteiger partial charge < -0.3 is 19.3 Å². The number of benzene rings is 1. The van der Waals surface area contributed by atoms with Gasteiger partial charge in [-0.3, -0.25) is 9.97 Å². The van der Waals surface area contributed by atoms with E-state index < -0.39 is 15.8 Å². The fourth-order valence-corrected chi connectivity index (χ4v) is 5.40. The molecule has 0 aliphatic carbocycles. The highest BCUT2D eigenvalue weighted by Crippen LogP contribution is 2.33. The van der Waals surface area contributed by atoms with E-state index in [0.717, 1.165) is 16.8 Å². The number of halogens is 1. The number of nitrogens with zero attached hydrogens (tertiary/aromatic N) is 4. The molecule has 0 spiro atoms. The number of pyridine rings is 2. The molecule has 4 aromatic rings. The number of rotatable bonds is 5. The van der Waals surface area contributed by atoms with Crippen LogP contribution in [0.2, 0.25) is 5.02 Å². The third-order valence-electron chi connectivity index (χ3n) is 6.17. The van der Waals surface area contributed by atoms with Gasteiger partial charge in [-0.15, -0.1) is 0 Å². The minimum absolute atomic E-state index is 0.227. The maximum atomic E-state index is 12.0. The van der Waals surface area contributed by atoms with Crippen LogP contribution < -0.4 is 4.74 Å². The summed E-state index contributed by atoms with van der Waals surface area (Å²) in [6.45, 7) is 0.529. The first-order chi connectivity index (χ1) is 17.7. The molecule has 0 unspecified atom stereocenters. The average molecular weight is 542 g/mol. The first-order valence-corrected chi connectivity index (χ1v) is 14.3. The summed E-state index contributed by atoms with van der Waals surface area (Å²) in [6, 6.07) is 13.2. The molecule has 0 bridgehead atoms. The molecule has 192 valence electrons. The van der Waals surface area contributed by atoms with Gasteiger partial charge in [-0.1, -0.05) is 35.9 Å². The SMILES string of the molecule is CS(C)(=O)=Nc1ccnc(-c2ccc(-c3nc4[nH]c(O[C@@H]5CO[C@H]6[C@@H]5OC[C@H]6O)nc4cc3Cl)cc2)c1. The summed E-state index contributed by atoms with van der Waals surface area (Å²) in [5.41, 5.74) is 4.72. The maximum Gasteiger partial charge on any atom is 0.296 e. The van der Waals surface area contributed by atoms with Gasteiger partial charge in [0.25, 0.3) is 6.01 Å². The third-order valence-corrected chi connectivity index (χ3v) is 7.11. The van der Waals surface area contributed by atoms with E-state index in [2.05, 4.69) is 24.3 Å². The Morgan fingerprint density at radius 2 is 1.84 bits per heavy atom. The molecule has 10 nitrogen and oxygen atoms in total. The lowest BCUT2D eigenvalue weighted by atomic mass is 10.1. The van der Waals surface area contributed by atoms with Gasteiger partial charge in [-0.05, 0) is 18.2 Å². The Bertz CT molecular complexity index is 1590. The Hall–Kier alpha value is -3.09. The van der Waals surface area contributed by atoms with Crippen molar-refractivity contribution >= 4 is 38.2 Å². The average Bonchev–Trinajstić information content (AvgIpc) is 3.54. The van der Waals surface area contributed by atoms with Crippen LogP contribution in [0.4, 0.5) is 5.69 Å². The molecule has 2 fully saturated rings. The smallest absolute Gasteiger partial charge is 0.296 e. The van der Waals surface area contributed by atoms with E-state index in [1.54, 1.807) is 36.9 Å². The fraction of sp³-hybridized carbons (Fsp3) is 0.320. The molecule has 6 rings (SSSR count). The monoisotopic (exact) mass is 541 g/mol. The van der Waals surface area contributed by atoms with Crippen LogP contribution in [-0.2, 0) is 19.2 Å². The maximum absolute atomic E-state index is 12.0. The highest BCUT2D eigenvalue weighted by atomic mass is 35.5. The summed E-state index contributed by atoms with van der Waals surface area (Å²) >= 11 is 6.57. The first kappa shape index (κ1) is 24.3. The minimum atomic E-state index is -2.27. The lowest BCUT2D eigenvalue weighted by molar-refractivity contribution is 0.00706. The Balaban J connectivity index is 1.24. The number of aliphatic hydroxyl groups is 1. The number of hydrogen-bond donors (Lipinski definition) is 2. The summed E-state index contributed by atoms with van der Waals surface area (Å²) in [4.78, 5) is 16.6. The van der Waals surface area contributed by atoms with E-state index in [0.29, 0.717) is 34.2 Å². The van der Waals surface area contributed by atoms with Crippen molar-refractivity contribution in [1.29, 1.82) is 0 Å². The molecule has 0 radical (unpaired) electrons. The van der Waals surface area contributed by atoms with Gasteiger partial charge in [0.05, 0.1) is 35.3 Å². The van der Waals surface area contributed by atoms with Gasteiger partial charge in [-0.2, -0.15) is 9.35 Å². The van der Waals surface area contributed by atoms with E-state index in [-0.39, 0.29) is 30.9 Å². The van der Waals surface area contributed by atoms with Crippen molar-refractivity contribution in [3.05, 3.63) is 53.7 Å². The van der Waals surface area contributed by atoms with Gasteiger partial charge in [-0.25, -0.2) is 9.19 Å². The van der Waals surface area contributed by atoms with E-state index in [4.69, 9.17) is 25.8 Å². The normalized spacial score (nSPS) is 23.4. The largest absolute Gasteiger partial charge is 0.456 e. The molecule has 5 heterocycles. The van der Waals surface area contributed by atoms with Crippen molar-refractivity contribution in [2.45, 2.75) is 24.4 Å². The van der Waals surface area contributed by atoms with Crippen molar-refractivity contribution < 1.29 is 23.5 Å². The van der Waals surface area contributed by atoms with Crippen molar-refractivity contribution in [3.63, 3.8) is 0 Å². The number of fused-ring (bicyclic) bond motifs is 2. The molecule has 0 amide bonds. The number of hydrogen-bond acceptors (Lipinski definition) is 9. The summed E-state index contributed by atoms with van der Waals surface area (Å²) in [5, 5.41) is 10.4. The predicted octanol–water partition coefficient (Wildman–Crippen LogP) is 3.61. The van der Waals surface area contributed by atoms with Crippen LogP contribution in [0.1, 0.15) is 0 Å². The molecule has 3 aromatic heterocycles. The number of H-pyrrole nitrogens is 1. The van der Waals surface area contributed by atoms with Crippen LogP contribution in [0.25, 0.3) is 33.7 Å². The lowest BCUT2D eigenvalue weighted by Gasteiger charge is -2.15. The zero-order chi connectivity index (χ0) is 25.7. The number of ether oxygens (including phenoxy) is 3. The fourth-order valence-electron chi connectivity index (χ4n) is 4.53. The standard InChI is InChI=1S/C25H24ClN5O5S/c1-37(2,33)31-15-7-8-27-17(9-15)13-3-5-14(6-4-13)21-16(26)10-18-24(29-21)30-25(28-18)36-20-12-35-22-19(32)11-34-23(20)22/h3-10,19-20,22-23,32H,11-12H2,1-2H3,(H,28,29,30)/t19-,20-,22-,23-/m1/s1. The summed E-state index contributed by atoms with van der Waals surface area (Å²) in [7, 11) is -2.27. The van der Waals surface area contributed by atoms with Crippen LogP contribution >= 0.6 is 11.6 Å². The van der Waals surface area contributed by atoms with Crippen LogP contribution in [0.5, 0.6) is 6.01 Å². The Morgan fingerprint density at radius 3 is 2.62 bits per heavy atom. The number of aromatic amines is 1. The first-order valence-electron chi connectivity index (χ1n) is 11.6. The molecule has 2 aliphatic rings. The Morgan fingerprint density at radius 1 is 1.08 bits per heavy atom. The molecule has 2 N–H and O–H groups in total. The van der Waals surface area contributed by atoms with Gasteiger partial charge in [0.15, 0.2) is 11.8 Å². The van der Waals surface area contributed by atoms with Crippen molar-refractivity contribution in [2.75, 3.05) is 25.7 Å². The predicted molar refractivity (Wildman–Crippen MR) is 140 cm³/mol. The van der Waals surface area contributed by atoms with E-state index in [1.165, 1.54) is 0 Å². The van der Waals surface area contributed by atoms with Gasteiger partial charge in [0.2, 0.25) is 0 Å². The Kier molecular flexibility index (Phi) is 6.12. The number of imidazole rings is 1. The molecular weight excluding hydrogens is 518 g/mol. The van der Waals surface area contributed by atoms with Crippen molar-refractivity contribution in [3.8, 4) is 28.5 Å². The molecule has 2 saturated heterocycles. The summed E-state index contributed by atoms with van der Waals surface area (Å²) < 4.78 is 33.5. The van der Waals surface area contributed by atoms with Crippen LogP contribution in [-0.4, -0.2) is 79.4 Å². The van der Waals surface area contributed by atoms with Crippen molar-refractivity contribution in [2.24, 2.45) is 4.36 Å². The van der Waals surface area contributed by atoms with Gasteiger partial charge >= 0.3 is 0 Å². The zero-order valence-electron chi connectivity index (χ0n) is 20.0. The number of nitrogens with one attached hydrogen (secondary N) is 1. The highest BCUT2D eigenvalue weighted by Gasteiger charge is 2.48. The van der Waals surface area contributed by atoms with E-state index in [1.807, 2.05) is 24.3 Å². The molecule has 4 atom stereocenters. The molecular formula is C25H24ClN5O5S. The molecule has 1 aromatic carbocycles. The molecule has 37 heavy (non-hydrogen) atoms. The second-order valence-electron chi connectivity index (χ2n) is 9.30. The lowest BCUT2D eigenvalue weighted by Crippen LogP contribution is -2.34. The second kappa shape index (κ2) is 9.34.